The van der Waals surface area contributed by atoms with E-state index >= 15 is 0 Å². The highest BCUT2D eigenvalue weighted by Gasteiger charge is 2.20. The van der Waals surface area contributed by atoms with Crippen LogP contribution in [0.25, 0.3) is 11.3 Å². The summed E-state index contributed by atoms with van der Waals surface area (Å²) in [5.74, 6) is 0.741. The van der Waals surface area contributed by atoms with Crippen molar-refractivity contribution in [2.45, 2.75) is 6.92 Å². The SMILES string of the molecule is COc1cccc(-c2oc(C)cc(=O)c2C(=O)Nc2ccccc2)c1. The number of para-hydroxylation sites is 1. The molecule has 1 aromatic heterocycles. The Kier molecular flexibility index (Phi) is 4.66. The van der Waals surface area contributed by atoms with E-state index < -0.39 is 11.3 Å². The van der Waals surface area contributed by atoms with E-state index in [0.717, 1.165) is 0 Å². The molecule has 0 bridgehead atoms. The van der Waals surface area contributed by atoms with Crippen LogP contribution in [0, 0.1) is 6.92 Å². The van der Waals surface area contributed by atoms with Crippen LogP contribution in [0.3, 0.4) is 0 Å². The lowest BCUT2D eigenvalue weighted by Gasteiger charge is -2.11. The minimum atomic E-state index is -0.516. The van der Waals surface area contributed by atoms with Crippen molar-refractivity contribution >= 4 is 11.6 Å². The number of ether oxygens (including phenoxy) is 1. The molecule has 25 heavy (non-hydrogen) atoms. The first-order valence-corrected chi connectivity index (χ1v) is 7.74. The van der Waals surface area contributed by atoms with Crippen LogP contribution in [-0.2, 0) is 0 Å². The number of benzene rings is 2. The Labute approximate surface area is 144 Å². The van der Waals surface area contributed by atoms with Gasteiger partial charge in [0, 0.05) is 17.3 Å². The van der Waals surface area contributed by atoms with Crippen molar-refractivity contribution in [2.75, 3.05) is 12.4 Å². The van der Waals surface area contributed by atoms with Gasteiger partial charge in [0.2, 0.25) is 0 Å². The van der Waals surface area contributed by atoms with E-state index in [1.807, 2.05) is 6.07 Å². The Balaban J connectivity index is 2.09. The molecule has 0 aliphatic heterocycles. The molecule has 0 fully saturated rings. The number of hydrogen-bond donors (Lipinski definition) is 1. The van der Waals surface area contributed by atoms with Gasteiger partial charge in [-0.2, -0.15) is 0 Å². The second-order valence-corrected chi connectivity index (χ2v) is 5.48. The van der Waals surface area contributed by atoms with Gasteiger partial charge in [-0.05, 0) is 31.2 Å². The quantitative estimate of drug-likeness (QED) is 0.786. The molecule has 5 nitrogen and oxygen atoms in total. The van der Waals surface area contributed by atoms with Crippen molar-refractivity contribution in [3.63, 3.8) is 0 Å². The van der Waals surface area contributed by atoms with E-state index in [-0.39, 0.29) is 11.3 Å². The summed E-state index contributed by atoms with van der Waals surface area (Å²) in [4.78, 5) is 25.2. The molecule has 0 aliphatic rings. The first-order chi connectivity index (χ1) is 12.1. The third-order valence-corrected chi connectivity index (χ3v) is 3.66. The van der Waals surface area contributed by atoms with Gasteiger partial charge < -0.3 is 14.5 Å². The number of carbonyl (C=O) groups is 1. The number of amides is 1. The van der Waals surface area contributed by atoms with Gasteiger partial charge >= 0.3 is 0 Å². The van der Waals surface area contributed by atoms with E-state index in [1.54, 1.807) is 62.6 Å². The Bertz CT molecular complexity index is 961. The molecule has 3 aromatic rings. The molecule has 0 atom stereocenters. The van der Waals surface area contributed by atoms with Crippen LogP contribution in [0.15, 0.2) is 69.9 Å². The molecule has 0 saturated carbocycles. The monoisotopic (exact) mass is 335 g/mol. The predicted octanol–water partition coefficient (Wildman–Crippen LogP) is 3.88. The van der Waals surface area contributed by atoms with Crippen LogP contribution >= 0.6 is 0 Å². The Hall–Kier alpha value is -3.34. The van der Waals surface area contributed by atoms with E-state index in [0.29, 0.717) is 22.8 Å². The zero-order valence-corrected chi connectivity index (χ0v) is 13.9. The van der Waals surface area contributed by atoms with Gasteiger partial charge in [0.15, 0.2) is 11.2 Å². The van der Waals surface area contributed by atoms with Crippen LogP contribution in [0.5, 0.6) is 5.75 Å². The maximum absolute atomic E-state index is 12.7. The first-order valence-electron chi connectivity index (χ1n) is 7.74. The summed E-state index contributed by atoms with van der Waals surface area (Å²) >= 11 is 0. The minimum absolute atomic E-state index is 0.0392. The zero-order valence-electron chi connectivity index (χ0n) is 13.9. The number of rotatable bonds is 4. The van der Waals surface area contributed by atoms with Crippen molar-refractivity contribution in [1.82, 2.24) is 0 Å². The standard InChI is InChI=1S/C20H17NO4/c1-13-11-17(22)18(20(23)21-15-8-4-3-5-9-15)19(25-13)14-7-6-10-16(12-14)24-2/h3-12H,1-2H3,(H,21,23). The van der Waals surface area contributed by atoms with Gasteiger partial charge in [-0.3, -0.25) is 9.59 Å². The average Bonchev–Trinajstić information content (AvgIpc) is 2.61. The zero-order chi connectivity index (χ0) is 17.8. The van der Waals surface area contributed by atoms with Crippen LogP contribution in [0.1, 0.15) is 16.1 Å². The third-order valence-electron chi connectivity index (χ3n) is 3.66. The van der Waals surface area contributed by atoms with Crippen LogP contribution in [0.2, 0.25) is 0 Å². The van der Waals surface area contributed by atoms with Crippen LogP contribution in [-0.4, -0.2) is 13.0 Å². The molecule has 1 heterocycles. The van der Waals surface area contributed by atoms with Crippen molar-refractivity contribution in [1.29, 1.82) is 0 Å². The Morgan fingerprint density at radius 3 is 2.52 bits per heavy atom. The number of anilines is 1. The molecule has 0 aliphatic carbocycles. The molecule has 0 radical (unpaired) electrons. The lowest BCUT2D eigenvalue weighted by atomic mass is 10.1. The lowest BCUT2D eigenvalue weighted by molar-refractivity contribution is 0.102. The van der Waals surface area contributed by atoms with Gasteiger partial charge in [0.25, 0.3) is 5.91 Å². The number of methoxy groups -OCH3 is 1. The number of carbonyl (C=O) groups excluding carboxylic acids is 1. The van der Waals surface area contributed by atoms with E-state index in [4.69, 9.17) is 9.15 Å². The molecule has 126 valence electrons. The van der Waals surface area contributed by atoms with Crippen LogP contribution in [0.4, 0.5) is 5.69 Å². The predicted molar refractivity (Wildman–Crippen MR) is 96.1 cm³/mol. The summed E-state index contributed by atoms with van der Waals surface area (Å²) in [6, 6.07) is 17.3. The summed E-state index contributed by atoms with van der Waals surface area (Å²) in [6.45, 7) is 1.67. The molecule has 5 heteroatoms. The highest BCUT2D eigenvalue weighted by Crippen LogP contribution is 2.27. The summed E-state index contributed by atoms with van der Waals surface area (Å²) in [7, 11) is 1.55. The van der Waals surface area contributed by atoms with Crippen LogP contribution < -0.4 is 15.5 Å². The molecule has 0 spiro atoms. The second kappa shape index (κ2) is 7.05. The molecular formula is C20H17NO4. The van der Waals surface area contributed by atoms with E-state index in [1.165, 1.54) is 6.07 Å². The van der Waals surface area contributed by atoms with Gasteiger partial charge in [-0.1, -0.05) is 30.3 Å². The molecule has 0 saturated heterocycles. The van der Waals surface area contributed by atoms with E-state index in [9.17, 15) is 9.59 Å². The van der Waals surface area contributed by atoms with Crippen molar-refractivity contribution < 1.29 is 13.9 Å². The molecule has 3 rings (SSSR count). The lowest BCUT2D eigenvalue weighted by Crippen LogP contribution is -2.22. The maximum Gasteiger partial charge on any atom is 0.263 e. The largest absolute Gasteiger partial charge is 0.497 e. The van der Waals surface area contributed by atoms with Crippen molar-refractivity contribution in [3.05, 3.63) is 82.2 Å². The van der Waals surface area contributed by atoms with Gasteiger partial charge in [-0.25, -0.2) is 0 Å². The van der Waals surface area contributed by atoms with Gasteiger partial charge in [0.1, 0.15) is 17.1 Å². The van der Waals surface area contributed by atoms with Gasteiger partial charge in [-0.15, -0.1) is 0 Å². The summed E-state index contributed by atoms with van der Waals surface area (Å²) in [5.41, 5.74) is 0.764. The number of aryl methyl sites for hydroxylation is 1. The molecule has 1 amide bonds. The van der Waals surface area contributed by atoms with Gasteiger partial charge in [0.05, 0.1) is 7.11 Å². The second-order valence-electron chi connectivity index (χ2n) is 5.48. The Morgan fingerprint density at radius 2 is 1.80 bits per heavy atom. The number of nitrogens with one attached hydrogen (secondary N) is 1. The normalized spacial score (nSPS) is 10.3. The molecular weight excluding hydrogens is 318 g/mol. The molecule has 0 unspecified atom stereocenters. The van der Waals surface area contributed by atoms with Crippen molar-refractivity contribution in [3.8, 4) is 17.1 Å². The fourth-order valence-electron chi connectivity index (χ4n) is 2.51. The molecule has 1 N–H and O–H groups in total. The fourth-order valence-corrected chi connectivity index (χ4v) is 2.51. The van der Waals surface area contributed by atoms with E-state index in [2.05, 4.69) is 5.32 Å². The topological polar surface area (TPSA) is 68.5 Å². The average molecular weight is 335 g/mol. The molecule has 2 aromatic carbocycles. The fraction of sp³-hybridized carbons (Fsp3) is 0.100. The highest BCUT2D eigenvalue weighted by atomic mass is 16.5. The Morgan fingerprint density at radius 1 is 1.04 bits per heavy atom. The summed E-state index contributed by atoms with van der Waals surface area (Å²) in [6.07, 6.45) is 0. The first kappa shape index (κ1) is 16.5. The highest BCUT2D eigenvalue weighted by molar-refractivity contribution is 6.07. The maximum atomic E-state index is 12.7. The smallest absolute Gasteiger partial charge is 0.263 e. The van der Waals surface area contributed by atoms with Crippen molar-refractivity contribution in [2.24, 2.45) is 0 Å². The third kappa shape index (κ3) is 3.61. The minimum Gasteiger partial charge on any atom is -0.497 e. The summed E-state index contributed by atoms with van der Waals surface area (Å²) < 4.78 is 10.9. The summed E-state index contributed by atoms with van der Waals surface area (Å²) in [5, 5.41) is 2.73. The number of hydrogen-bond acceptors (Lipinski definition) is 4.